The first-order valence-corrected chi connectivity index (χ1v) is 4.12. The monoisotopic (exact) mass is 177 g/mol. The molecule has 0 fully saturated rings. The second kappa shape index (κ2) is 3.95. The van der Waals surface area contributed by atoms with Crippen molar-refractivity contribution in [3.8, 4) is 12.3 Å². The predicted molar refractivity (Wildman–Crippen MR) is 53.1 cm³/mol. The van der Waals surface area contributed by atoms with Gasteiger partial charge in [-0.15, -0.1) is 6.42 Å². The van der Waals surface area contributed by atoms with E-state index in [4.69, 9.17) is 6.42 Å². The normalized spacial score (nSPS) is 11.8. The van der Waals surface area contributed by atoms with Crippen molar-refractivity contribution in [3.63, 3.8) is 0 Å². The molecule has 0 aliphatic rings. The number of benzene rings is 1. The molecule has 1 unspecified atom stereocenters. The Hall–Kier alpha value is -1.49. The lowest BCUT2D eigenvalue weighted by molar-refractivity contribution is 0.629. The Morgan fingerprint density at radius 2 is 2.23 bits per heavy atom. The molecule has 0 saturated heterocycles. The summed E-state index contributed by atoms with van der Waals surface area (Å²) in [5.74, 6) is 2.21. The van der Waals surface area contributed by atoms with E-state index in [0.29, 0.717) is 5.69 Å². The van der Waals surface area contributed by atoms with Crippen LogP contribution in [0.5, 0.6) is 0 Å². The van der Waals surface area contributed by atoms with Gasteiger partial charge in [0.15, 0.2) is 0 Å². The van der Waals surface area contributed by atoms with Gasteiger partial charge in [-0.05, 0) is 31.5 Å². The van der Waals surface area contributed by atoms with Gasteiger partial charge in [0.1, 0.15) is 5.82 Å². The zero-order valence-electron chi connectivity index (χ0n) is 7.76. The predicted octanol–water partition coefficient (Wildman–Crippen LogP) is 2.57. The van der Waals surface area contributed by atoms with Crippen molar-refractivity contribution in [1.82, 2.24) is 0 Å². The van der Waals surface area contributed by atoms with Crippen LogP contribution in [-0.4, -0.2) is 6.04 Å². The van der Waals surface area contributed by atoms with Crippen LogP contribution in [0.3, 0.4) is 0 Å². The molecule has 0 saturated carbocycles. The van der Waals surface area contributed by atoms with E-state index in [1.807, 2.05) is 13.8 Å². The Balaban J connectivity index is 2.88. The molecule has 0 amide bonds. The number of anilines is 1. The number of rotatable bonds is 2. The average molecular weight is 177 g/mol. The topological polar surface area (TPSA) is 12.0 Å². The number of hydrogen-bond acceptors (Lipinski definition) is 1. The van der Waals surface area contributed by atoms with Crippen LogP contribution in [0.15, 0.2) is 18.2 Å². The fourth-order valence-electron chi connectivity index (χ4n) is 1.02. The molecular formula is C11H12FN. The van der Waals surface area contributed by atoms with E-state index in [0.717, 1.165) is 5.56 Å². The van der Waals surface area contributed by atoms with Gasteiger partial charge >= 0.3 is 0 Å². The molecule has 1 nitrogen and oxygen atoms in total. The van der Waals surface area contributed by atoms with E-state index < -0.39 is 0 Å². The lowest BCUT2D eigenvalue weighted by atomic mass is 10.2. The number of nitrogens with one attached hydrogen (secondary N) is 1. The summed E-state index contributed by atoms with van der Waals surface area (Å²) in [5, 5.41) is 2.89. The third-order valence-corrected chi connectivity index (χ3v) is 1.74. The molecule has 1 atom stereocenters. The van der Waals surface area contributed by atoms with Crippen molar-refractivity contribution >= 4 is 5.69 Å². The first kappa shape index (κ1) is 9.60. The summed E-state index contributed by atoms with van der Waals surface area (Å²) in [6, 6.07) is 4.74. The van der Waals surface area contributed by atoms with Gasteiger partial charge in [-0.1, -0.05) is 12.0 Å². The van der Waals surface area contributed by atoms with Gasteiger partial charge in [0.2, 0.25) is 0 Å². The van der Waals surface area contributed by atoms with Gasteiger partial charge in [0, 0.05) is 0 Å². The molecule has 2 heteroatoms. The van der Waals surface area contributed by atoms with E-state index in [1.54, 1.807) is 12.1 Å². The number of halogens is 1. The molecule has 0 aromatic heterocycles. The lowest BCUT2D eigenvalue weighted by Crippen LogP contribution is -2.13. The molecule has 1 aromatic carbocycles. The largest absolute Gasteiger partial charge is 0.369 e. The number of hydrogen-bond donors (Lipinski definition) is 1. The van der Waals surface area contributed by atoms with Crippen LogP contribution in [0, 0.1) is 25.1 Å². The van der Waals surface area contributed by atoms with E-state index in [-0.39, 0.29) is 11.9 Å². The maximum atomic E-state index is 13.1. The molecule has 0 heterocycles. The van der Waals surface area contributed by atoms with Crippen LogP contribution in [0.2, 0.25) is 0 Å². The van der Waals surface area contributed by atoms with Gasteiger partial charge in [0.25, 0.3) is 0 Å². The van der Waals surface area contributed by atoms with Crippen molar-refractivity contribution in [2.24, 2.45) is 0 Å². The van der Waals surface area contributed by atoms with Gasteiger partial charge in [-0.25, -0.2) is 4.39 Å². The Labute approximate surface area is 78.0 Å². The number of terminal acetylenes is 1. The molecule has 0 aliphatic heterocycles. The van der Waals surface area contributed by atoms with Crippen LogP contribution in [0.25, 0.3) is 0 Å². The van der Waals surface area contributed by atoms with Crippen LogP contribution in [0.1, 0.15) is 12.5 Å². The fraction of sp³-hybridized carbons (Fsp3) is 0.273. The molecule has 1 N–H and O–H groups in total. The summed E-state index contributed by atoms with van der Waals surface area (Å²) >= 11 is 0. The van der Waals surface area contributed by atoms with E-state index >= 15 is 0 Å². The van der Waals surface area contributed by atoms with Gasteiger partial charge in [-0.2, -0.15) is 0 Å². The highest BCUT2D eigenvalue weighted by molar-refractivity contribution is 5.48. The molecule has 0 spiro atoms. The molecule has 0 aliphatic carbocycles. The Morgan fingerprint density at radius 3 is 2.85 bits per heavy atom. The summed E-state index contributed by atoms with van der Waals surface area (Å²) in [6.45, 7) is 3.72. The summed E-state index contributed by atoms with van der Waals surface area (Å²) in [6.07, 6.45) is 5.17. The zero-order chi connectivity index (χ0) is 9.84. The first-order chi connectivity index (χ1) is 6.13. The second-order valence-electron chi connectivity index (χ2n) is 3.02. The maximum absolute atomic E-state index is 13.1. The summed E-state index contributed by atoms with van der Waals surface area (Å²) in [7, 11) is 0. The van der Waals surface area contributed by atoms with E-state index in [1.165, 1.54) is 6.07 Å². The zero-order valence-corrected chi connectivity index (χ0v) is 7.76. The van der Waals surface area contributed by atoms with Crippen molar-refractivity contribution < 1.29 is 4.39 Å². The number of aryl methyl sites for hydroxylation is 1. The van der Waals surface area contributed by atoms with Gasteiger partial charge in [0.05, 0.1) is 11.7 Å². The van der Waals surface area contributed by atoms with Crippen molar-refractivity contribution in [3.05, 3.63) is 29.6 Å². The third-order valence-electron chi connectivity index (χ3n) is 1.74. The van der Waals surface area contributed by atoms with E-state index in [9.17, 15) is 4.39 Å². The third kappa shape index (κ3) is 2.48. The SMILES string of the molecule is C#CC(C)Nc1cc(C)ccc1F. The minimum absolute atomic E-state index is 0.156. The summed E-state index contributed by atoms with van der Waals surface area (Å²) in [4.78, 5) is 0. The Morgan fingerprint density at radius 1 is 1.54 bits per heavy atom. The fourth-order valence-corrected chi connectivity index (χ4v) is 1.02. The Kier molecular flexibility index (Phi) is 2.92. The Bertz CT molecular complexity index is 338. The molecule has 68 valence electrons. The molecular weight excluding hydrogens is 165 g/mol. The molecule has 1 aromatic rings. The minimum atomic E-state index is -0.271. The summed E-state index contributed by atoms with van der Waals surface area (Å²) in [5.41, 5.74) is 1.47. The average Bonchev–Trinajstić information content (AvgIpc) is 2.11. The highest BCUT2D eigenvalue weighted by Crippen LogP contribution is 2.16. The first-order valence-electron chi connectivity index (χ1n) is 4.12. The van der Waals surface area contributed by atoms with Crippen LogP contribution in [-0.2, 0) is 0 Å². The van der Waals surface area contributed by atoms with Gasteiger partial charge < -0.3 is 5.32 Å². The summed E-state index contributed by atoms with van der Waals surface area (Å²) < 4.78 is 13.1. The molecule has 0 bridgehead atoms. The van der Waals surface area contributed by atoms with Crippen molar-refractivity contribution in [2.45, 2.75) is 19.9 Å². The molecule has 0 radical (unpaired) electrons. The smallest absolute Gasteiger partial charge is 0.146 e. The second-order valence-corrected chi connectivity index (χ2v) is 3.02. The molecule has 13 heavy (non-hydrogen) atoms. The maximum Gasteiger partial charge on any atom is 0.146 e. The standard InChI is InChI=1S/C11H12FN/c1-4-9(3)13-11-7-8(2)5-6-10(11)12/h1,5-7,9,13H,2-3H3. The highest BCUT2D eigenvalue weighted by atomic mass is 19.1. The van der Waals surface area contributed by atoms with E-state index in [2.05, 4.69) is 11.2 Å². The quantitative estimate of drug-likeness (QED) is 0.684. The molecule has 1 rings (SSSR count). The van der Waals surface area contributed by atoms with Crippen LogP contribution >= 0.6 is 0 Å². The van der Waals surface area contributed by atoms with Crippen LogP contribution < -0.4 is 5.32 Å². The van der Waals surface area contributed by atoms with Crippen molar-refractivity contribution in [2.75, 3.05) is 5.32 Å². The van der Waals surface area contributed by atoms with Crippen molar-refractivity contribution in [1.29, 1.82) is 0 Å². The highest BCUT2D eigenvalue weighted by Gasteiger charge is 2.03. The lowest BCUT2D eigenvalue weighted by Gasteiger charge is -2.10. The van der Waals surface area contributed by atoms with Crippen LogP contribution in [0.4, 0.5) is 10.1 Å². The van der Waals surface area contributed by atoms with Gasteiger partial charge in [-0.3, -0.25) is 0 Å². The minimum Gasteiger partial charge on any atom is -0.369 e.